The van der Waals surface area contributed by atoms with Crippen LogP contribution in [0.1, 0.15) is 21.1 Å². The van der Waals surface area contributed by atoms with Crippen LogP contribution in [0.25, 0.3) is 0 Å². The van der Waals surface area contributed by atoms with Gasteiger partial charge < -0.3 is 9.52 Å². The summed E-state index contributed by atoms with van der Waals surface area (Å²) in [5.41, 5.74) is 0. The maximum absolute atomic E-state index is 10.6. The Morgan fingerprint density at radius 3 is 2.18 bits per heavy atom. The highest BCUT2D eigenvalue weighted by Crippen LogP contribution is 2.11. The molecule has 1 aromatic heterocycles. The maximum atomic E-state index is 10.6. The summed E-state index contributed by atoms with van der Waals surface area (Å²) < 4.78 is 4.34. The zero-order chi connectivity index (χ0) is 8.43. The van der Waals surface area contributed by atoms with Crippen molar-refractivity contribution in [2.45, 2.75) is 0 Å². The van der Waals surface area contributed by atoms with Crippen molar-refractivity contribution in [2.75, 3.05) is 0 Å². The van der Waals surface area contributed by atoms with Crippen LogP contribution in [-0.2, 0) is 0 Å². The van der Waals surface area contributed by atoms with Gasteiger partial charge in [0, 0.05) is 22.6 Å². The number of carbonyl (C=O) groups is 2. The van der Waals surface area contributed by atoms with Crippen LogP contribution in [0.5, 0.6) is 0 Å². The van der Waals surface area contributed by atoms with E-state index in [1.807, 2.05) is 0 Å². The average molecular weight is 266 g/mol. The lowest BCUT2D eigenvalue weighted by Crippen LogP contribution is -1.92. The largest absolute Gasteiger partial charge is 0.475 e. The highest BCUT2D eigenvalue weighted by atomic mass is 127. The number of furan rings is 1. The predicted octanol–water partition coefficient (Wildman–Crippen LogP) is 1.55. The van der Waals surface area contributed by atoms with Crippen LogP contribution in [0.4, 0.5) is 0 Å². The minimum absolute atomic E-state index is 0.0583. The normalized spacial score (nSPS) is 9.55. The summed E-state index contributed by atoms with van der Waals surface area (Å²) in [5, 5.41) is 8.37. The second-order valence-electron chi connectivity index (χ2n) is 1.74. The molecule has 1 heterocycles. The quantitative estimate of drug-likeness (QED) is 0.651. The van der Waals surface area contributed by atoms with Crippen molar-refractivity contribution in [1.29, 1.82) is 0 Å². The number of hydrogen-bond donors (Lipinski definition) is 1. The van der Waals surface area contributed by atoms with E-state index in [4.69, 9.17) is 5.11 Å². The molecule has 5 heteroatoms. The van der Waals surface area contributed by atoms with Gasteiger partial charge in [0.1, 0.15) is 0 Å². The van der Waals surface area contributed by atoms with Crippen molar-refractivity contribution < 1.29 is 19.1 Å². The molecule has 0 aromatic carbocycles. The second kappa shape index (κ2) is 3.04. The van der Waals surface area contributed by atoms with Crippen molar-refractivity contribution in [1.82, 2.24) is 0 Å². The lowest BCUT2D eigenvalue weighted by molar-refractivity contribution is 0.0661. The number of hydrogen-bond acceptors (Lipinski definition) is 3. The Kier molecular flexibility index (Phi) is 2.28. The van der Waals surface area contributed by atoms with Gasteiger partial charge in [-0.15, -0.1) is 0 Å². The molecule has 0 radical (unpaired) electrons. The molecular weight excluding hydrogens is 263 g/mol. The number of rotatable bonds is 2. The molecule has 1 aromatic rings. The van der Waals surface area contributed by atoms with E-state index in [0.29, 0.717) is 0 Å². The second-order valence-corrected chi connectivity index (χ2v) is 2.72. The first-order valence-corrected chi connectivity index (χ1v) is 3.72. The van der Waals surface area contributed by atoms with Gasteiger partial charge in [0.25, 0.3) is 3.79 Å². The first-order valence-electron chi connectivity index (χ1n) is 2.64. The van der Waals surface area contributed by atoms with Gasteiger partial charge in [-0.05, 0) is 12.1 Å². The molecule has 4 nitrogen and oxygen atoms in total. The van der Waals surface area contributed by atoms with Crippen molar-refractivity contribution >= 4 is 32.4 Å². The Morgan fingerprint density at radius 2 is 1.91 bits per heavy atom. The Balaban J connectivity index is 2.99. The van der Waals surface area contributed by atoms with E-state index in [1.165, 1.54) is 34.7 Å². The van der Waals surface area contributed by atoms with Gasteiger partial charge >= 0.3 is 5.97 Å². The number of carboxylic acids is 1. The average Bonchev–Trinajstić information content (AvgIpc) is 2.33. The SMILES string of the molecule is O=C(O)c1ccc(C(=O)I)o1. The Hall–Kier alpha value is -0.850. The van der Waals surface area contributed by atoms with E-state index in [2.05, 4.69) is 4.42 Å². The molecule has 1 rings (SSSR count). The molecule has 0 bridgehead atoms. The van der Waals surface area contributed by atoms with Crippen LogP contribution in [0, 0.1) is 0 Å². The number of halogens is 1. The fraction of sp³-hybridized carbons (Fsp3) is 0. The minimum Gasteiger partial charge on any atom is -0.475 e. The summed E-state index contributed by atoms with van der Waals surface area (Å²) in [6.45, 7) is 0. The predicted molar refractivity (Wildman–Crippen MR) is 44.0 cm³/mol. The van der Waals surface area contributed by atoms with Crippen molar-refractivity contribution in [2.24, 2.45) is 0 Å². The van der Waals surface area contributed by atoms with Crippen LogP contribution < -0.4 is 0 Å². The van der Waals surface area contributed by atoms with Gasteiger partial charge in [0.05, 0.1) is 0 Å². The third-order valence-electron chi connectivity index (χ3n) is 1.01. The first-order chi connectivity index (χ1) is 5.11. The highest BCUT2D eigenvalue weighted by Gasteiger charge is 2.11. The molecule has 0 aliphatic heterocycles. The van der Waals surface area contributed by atoms with Gasteiger partial charge in [-0.3, -0.25) is 4.79 Å². The number of carbonyl (C=O) groups excluding carboxylic acids is 1. The molecule has 58 valence electrons. The maximum Gasteiger partial charge on any atom is 0.371 e. The summed E-state index contributed by atoms with van der Waals surface area (Å²) in [4.78, 5) is 20.8. The lowest BCUT2D eigenvalue weighted by Gasteiger charge is -1.84. The molecule has 11 heavy (non-hydrogen) atoms. The van der Waals surface area contributed by atoms with E-state index in [9.17, 15) is 9.59 Å². The summed E-state index contributed by atoms with van der Waals surface area (Å²) in [7, 11) is 0. The Bertz CT molecular complexity index is 273. The smallest absolute Gasteiger partial charge is 0.371 e. The molecule has 0 aliphatic carbocycles. The molecule has 0 amide bonds. The zero-order valence-corrected chi connectivity index (χ0v) is 7.36. The summed E-state index contributed by atoms with van der Waals surface area (Å²) in [6.07, 6.45) is 0. The van der Waals surface area contributed by atoms with E-state index in [0.717, 1.165) is 0 Å². The molecule has 0 saturated carbocycles. The van der Waals surface area contributed by atoms with Crippen LogP contribution in [0.3, 0.4) is 0 Å². The van der Waals surface area contributed by atoms with Gasteiger partial charge in [-0.2, -0.15) is 0 Å². The van der Waals surface area contributed by atoms with Crippen molar-refractivity contribution in [3.63, 3.8) is 0 Å². The monoisotopic (exact) mass is 266 g/mol. The standard InChI is InChI=1S/C6H3IO4/c7-5(8)3-1-2-4(11-3)6(9)10/h1-2H,(H,9,10). The number of carboxylic acid groups (broad SMARTS) is 1. The van der Waals surface area contributed by atoms with Crippen molar-refractivity contribution in [3.05, 3.63) is 23.7 Å². The minimum atomic E-state index is -1.17. The fourth-order valence-electron chi connectivity index (χ4n) is 0.558. The summed E-state index contributed by atoms with van der Waals surface area (Å²) in [5.74, 6) is -1.33. The highest BCUT2D eigenvalue weighted by molar-refractivity contribution is 14.1. The van der Waals surface area contributed by atoms with Crippen LogP contribution in [0.15, 0.2) is 16.5 Å². The van der Waals surface area contributed by atoms with E-state index < -0.39 is 5.97 Å². The Morgan fingerprint density at radius 1 is 1.36 bits per heavy atom. The van der Waals surface area contributed by atoms with Crippen molar-refractivity contribution in [3.8, 4) is 0 Å². The third kappa shape index (κ3) is 1.79. The van der Waals surface area contributed by atoms with Crippen LogP contribution in [-0.4, -0.2) is 14.9 Å². The molecule has 0 aliphatic rings. The van der Waals surface area contributed by atoms with Gasteiger partial charge in [-0.1, -0.05) is 0 Å². The lowest BCUT2D eigenvalue weighted by atomic mass is 10.4. The van der Waals surface area contributed by atoms with Gasteiger partial charge in [-0.25, -0.2) is 4.79 Å². The third-order valence-corrected chi connectivity index (χ3v) is 1.54. The molecular formula is C6H3IO4. The topological polar surface area (TPSA) is 67.5 Å². The number of aromatic carboxylic acids is 1. The van der Waals surface area contributed by atoms with Gasteiger partial charge in [0.15, 0.2) is 5.76 Å². The fourth-order valence-corrected chi connectivity index (χ4v) is 0.848. The molecule has 1 N–H and O–H groups in total. The van der Waals surface area contributed by atoms with E-state index in [1.54, 1.807) is 0 Å². The van der Waals surface area contributed by atoms with E-state index >= 15 is 0 Å². The van der Waals surface area contributed by atoms with Crippen LogP contribution in [0.2, 0.25) is 0 Å². The summed E-state index contributed by atoms with van der Waals surface area (Å²) in [6, 6.07) is 2.58. The molecule has 0 spiro atoms. The molecule has 0 fully saturated rings. The Labute approximate surface area is 75.3 Å². The molecule has 0 saturated heterocycles. The van der Waals surface area contributed by atoms with Gasteiger partial charge in [0.2, 0.25) is 5.76 Å². The molecule has 0 atom stereocenters. The van der Waals surface area contributed by atoms with Crippen LogP contribution >= 0.6 is 22.6 Å². The first kappa shape index (κ1) is 8.25. The zero-order valence-electron chi connectivity index (χ0n) is 5.20. The van der Waals surface area contributed by atoms with E-state index in [-0.39, 0.29) is 15.3 Å². The molecule has 0 unspecified atom stereocenters. The summed E-state index contributed by atoms with van der Waals surface area (Å²) >= 11 is 1.52.